The van der Waals surface area contributed by atoms with Crippen LogP contribution in [0.5, 0.6) is 0 Å². The van der Waals surface area contributed by atoms with Crippen LogP contribution < -0.4 is 10.6 Å². The molecule has 2 aromatic heterocycles. The smallest absolute Gasteiger partial charge is 0.321 e. The highest BCUT2D eigenvalue weighted by atomic mass is 32.2. The number of thioether (sulfide) groups is 1. The van der Waals surface area contributed by atoms with Crippen LogP contribution in [0.2, 0.25) is 0 Å². The molecule has 0 aliphatic rings. The number of rotatable bonds is 12. The summed E-state index contributed by atoms with van der Waals surface area (Å²) in [5, 5.41) is 14.5. The first-order valence-electron chi connectivity index (χ1n) is 12.9. The van der Waals surface area contributed by atoms with E-state index < -0.39 is 11.9 Å². The van der Waals surface area contributed by atoms with Crippen molar-refractivity contribution >= 4 is 23.7 Å². The minimum atomic E-state index is -0.562. The van der Waals surface area contributed by atoms with Crippen LogP contribution in [0, 0.1) is 5.92 Å². The lowest BCUT2D eigenvalue weighted by Crippen LogP contribution is -2.39. The Morgan fingerprint density at radius 3 is 2.51 bits per heavy atom. The van der Waals surface area contributed by atoms with Gasteiger partial charge in [0.05, 0.1) is 18.6 Å². The second kappa shape index (κ2) is 13.5. The van der Waals surface area contributed by atoms with Crippen molar-refractivity contribution in [3.05, 3.63) is 54.0 Å². The molecule has 37 heavy (non-hydrogen) atoms. The number of amides is 3. The molecule has 3 aromatic rings. The van der Waals surface area contributed by atoms with Gasteiger partial charge in [0.1, 0.15) is 5.76 Å². The van der Waals surface area contributed by atoms with Crippen molar-refractivity contribution in [3.8, 4) is 11.4 Å². The van der Waals surface area contributed by atoms with Gasteiger partial charge >= 0.3 is 6.03 Å². The van der Waals surface area contributed by atoms with E-state index in [1.165, 1.54) is 42.9 Å². The molecule has 0 aliphatic carbocycles. The van der Waals surface area contributed by atoms with Gasteiger partial charge in [0.25, 0.3) is 0 Å². The van der Waals surface area contributed by atoms with Gasteiger partial charge in [-0.05, 0) is 35.4 Å². The summed E-state index contributed by atoms with van der Waals surface area (Å²) in [5.41, 5.74) is 2.32. The molecule has 0 fully saturated rings. The molecule has 2 heterocycles. The van der Waals surface area contributed by atoms with Crippen LogP contribution in [0.1, 0.15) is 71.6 Å². The molecule has 0 radical (unpaired) electrons. The van der Waals surface area contributed by atoms with E-state index in [1.54, 1.807) is 12.1 Å². The maximum atomic E-state index is 12.4. The number of urea groups is 1. The quantitative estimate of drug-likeness (QED) is 0.217. The van der Waals surface area contributed by atoms with Crippen molar-refractivity contribution in [2.75, 3.05) is 5.75 Å². The normalized spacial score (nSPS) is 12.4. The topological polar surface area (TPSA) is 102 Å². The Kier molecular flexibility index (Phi) is 10.4. The van der Waals surface area contributed by atoms with Gasteiger partial charge in [-0.25, -0.2) is 4.79 Å². The van der Waals surface area contributed by atoms with Gasteiger partial charge in [-0.3, -0.25) is 10.1 Å². The van der Waals surface area contributed by atoms with E-state index >= 15 is 0 Å². The minimum absolute atomic E-state index is 0.0550. The molecule has 2 N–H and O–H groups in total. The summed E-state index contributed by atoms with van der Waals surface area (Å²) in [5.74, 6) is 1.50. The lowest BCUT2D eigenvalue weighted by atomic mass is 9.86. The molecule has 1 atom stereocenters. The van der Waals surface area contributed by atoms with E-state index in [4.69, 9.17) is 4.42 Å². The van der Waals surface area contributed by atoms with Crippen molar-refractivity contribution in [2.45, 2.75) is 84.0 Å². The molecule has 0 aliphatic heterocycles. The van der Waals surface area contributed by atoms with Crippen molar-refractivity contribution in [3.63, 3.8) is 0 Å². The number of furan rings is 1. The molecule has 1 unspecified atom stereocenters. The molecule has 200 valence electrons. The molecule has 3 amide bonds. The Labute approximate surface area is 224 Å². The Bertz CT molecular complexity index is 1130. The highest BCUT2D eigenvalue weighted by molar-refractivity contribution is 7.99. The molecule has 1 aromatic carbocycles. The standard InChI is InChI=1S/C28H39N5O3S/c1-6-7-8-10-20(2)18-33-25(21-12-14-22(15-13-21)28(3,4)5)31-32-27(33)37-19-24(34)30-26(35)29-17-23-11-9-16-36-23/h9,11-16,20H,6-8,10,17-19H2,1-5H3,(H2,29,30,34,35). The zero-order valence-electron chi connectivity index (χ0n) is 22.5. The molecule has 3 rings (SSSR count). The van der Waals surface area contributed by atoms with Crippen molar-refractivity contribution in [2.24, 2.45) is 5.92 Å². The Balaban J connectivity index is 1.68. The van der Waals surface area contributed by atoms with Crippen LogP contribution in [0.25, 0.3) is 11.4 Å². The molecular formula is C28H39N5O3S. The van der Waals surface area contributed by atoms with Gasteiger partial charge in [-0.15, -0.1) is 10.2 Å². The second-order valence-corrected chi connectivity index (χ2v) is 11.4. The minimum Gasteiger partial charge on any atom is -0.467 e. The van der Waals surface area contributed by atoms with Crippen molar-refractivity contribution in [1.29, 1.82) is 0 Å². The van der Waals surface area contributed by atoms with Crippen LogP contribution in [-0.2, 0) is 23.3 Å². The van der Waals surface area contributed by atoms with E-state index in [0.29, 0.717) is 16.8 Å². The third-order valence-electron chi connectivity index (χ3n) is 6.11. The first-order valence-corrected chi connectivity index (χ1v) is 13.9. The SMILES string of the molecule is CCCCCC(C)Cn1c(SCC(=O)NC(=O)NCc2ccco2)nnc1-c1ccc(C(C)(C)C)cc1. The maximum Gasteiger partial charge on any atom is 0.321 e. The predicted octanol–water partition coefficient (Wildman–Crippen LogP) is 6.17. The van der Waals surface area contributed by atoms with Gasteiger partial charge in [-0.2, -0.15) is 0 Å². The average molecular weight is 526 g/mol. The summed E-state index contributed by atoms with van der Waals surface area (Å²) in [6, 6.07) is 11.4. The first kappa shape index (κ1) is 28.5. The van der Waals surface area contributed by atoms with Gasteiger partial charge in [0.2, 0.25) is 5.91 Å². The number of nitrogens with one attached hydrogen (secondary N) is 2. The number of hydrogen-bond acceptors (Lipinski definition) is 6. The van der Waals surface area contributed by atoms with Crippen LogP contribution >= 0.6 is 11.8 Å². The monoisotopic (exact) mass is 525 g/mol. The lowest BCUT2D eigenvalue weighted by Gasteiger charge is -2.19. The number of nitrogens with zero attached hydrogens (tertiary/aromatic N) is 3. The summed E-state index contributed by atoms with van der Waals surface area (Å²) in [7, 11) is 0. The van der Waals surface area contributed by atoms with Crippen LogP contribution in [0.15, 0.2) is 52.2 Å². The third kappa shape index (κ3) is 8.77. The van der Waals surface area contributed by atoms with E-state index in [-0.39, 0.29) is 17.7 Å². The van der Waals surface area contributed by atoms with Crippen molar-refractivity contribution in [1.82, 2.24) is 25.4 Å². The van der Waals surface area contributed by atoms with E-state index in [2.05, 4.69) is 84.3 Å². The molecule has 0 spiro atoms. The Morgan fingerprint density at radius 1 is 1.11 bits per heavy atom. The number of aromatic nitrogens is 3. The highest BCUT2D eigenvalue weighted by Crippen LogP contribution is 2.29. The fourth-order valence-electron chi connectivity index (χ4n) is 3.96. The highest BCUT2D eigenvalue weighted by Gasteiger charge is 2.20. The summed E-state index contributed by atoms with van der Waals surface area (Å²) in [6.45, 7) is 12.0. The number of benzene rings is 1. The average Bonchev–Trinajstić information content (AvgIpc) is 3.51. The van der Waals surface area contributed by atoms with Gasteiger partial charge < -0.3 is 14.3 Å². The van der Waals surface area contributed by atoms with Gasteiger partial charge in [-0.1, -0.05) is 89.9 Å². The zero-order valence-corrected chi connectivity index (χ0v) is 23.4. The van der Waals surface area contributed by atoms with Crippen LogP contribution in [-0.4, -0.2) is 32.5 Å². The number of hydrogen-bond donors (Lipinski definition) is 2. The Hall–Kier alpha value is -3.07. The largest absolute Gasteiger partial charge is 0.467 e. The number of imide groups is 1. The fourth-order valence-corrected chi connectivity index (χ4v) is 4.70. The van der Waals surface area contributed by atoms with Gasteiger partial charge in [0.15, 0.2) is 11.0 Å². The summed E-state index contributed by atoms with van der Waals surface area (Å²) in [6.07, 6.45) is 6.25. The third-order valence-corrected chi connectivity index (χ3v) is 7.08. The van der Waals surface area contributed by atoms with Crippen LogP contribution in [0.4, 0.5) is 4.79 Å². The zero-order chi connectivity index (χ0) is 26.8. The lowest BCUT2D eigenvalue weighted by molar-refractivity contribution is -0.117. The van der Waals surface area contributed by atoms with Crippen LogP contribution in [0.3, 0.4) is 0 Å². The predicted molar refractivity (Wildman–Crippen MR) is 147 cm³/mol. The fraction of sp³-hybridized carbons (Fsp3) is 0.500. The number of unbranched alkanes of at least 4 members (excludes halogenated alkanes) is 2. The molecule has 9 heteroatoms. The summed E-state index contributed by atoms with van der Waals surface area (Å²) in [4.78, 5) is 24.5. The summed E-state index contributed by atoms with van der Waals surface area (Å²) >= 11 is 1.29. The van der Waals surface area contributed by atoms with Crippen molar-refractivity contribution < 1.29 is 14.0 Å². The number of carbonyl (C=O) groups is 2. The first-order chi connectivity index (χ1) is 17.7. The molecular weight excluding hydrogens is 486 g/mol. The van der Waals surface area contributed by atoms with E-state index in [0.717, 1.165) is 24.4 Å². The molecule has 8 nitrogen and oxygen atoms in total. The molecule has 0 saturated carbocycles. The van der Waals surface area contributed by atoms with E-state index in [9.17, 15) is 9.59 Å². The van der Waals surface area contributed by atoms with E-state index in [1.807, 2.05) is 0 Å². The molecule has 0 saturated heterocycles. The molecule has 0 bridgehead atoms. The second-order valence-electron chi connectivity index (χ2n) is 10.4. The van der Waals surface area contributed by atoms with Gasteiger partial charge in [0, 0.05) is 12.1 Å². The Morgan fingerprint density at radius 2 is 1.86 bits per heavy atom. The maximum absolute atomic E-state index is 12.4. The summed E-state index contributed by atoms with van der Waals surface area (Å²) < 4.78 is 7.29. The number of carbonyl (C=O) groups excluding carboxylic acids is 2.